The van der Waals surface area contributed by atoms with Gasteiger partial charge in [0, 0.05) is 68.8 Å². The Morgan fingerprint density at radius 1 is 1.11 bits per heavy atom. The molecule has 0 unspecified atom stereocenters. The Labute approximate surface area is 227 Å². The van der Waals surface area contributed by atoms with Crippen LogP contribution in [0.4, 0.5) is 5.69 Å². The number of anilines is 1. The number of nitrogens with zero attached hydrogens (tertiary/aromatic N) is 3. The van der Waals surface area contributed by atoms with E-state index in [9.17, 15) is 9.59 Å². The van der Waals surface area contributed by atoms with Gasteiger partial charge in [-0.2, -0.15) is 0 Å². The fourth-order valence-electron chi connectivity index (χ4n) is 4.58. The number of amides is 1. The fourth-order valence-corrected chi connectivity index (χ4v) is 5.05. The van der Waals surface area contributed by atoms with Crippen LogP contribution in [-0.4, -0.2) is 72.8 Å². The first kappa shape index (κ1) is 27.3. The number of piperazine rings is 1. The molecule has 0 spiro atoms. The number of carbonyl (C=O) groups is 1. The number of nitrogens with one attached hydrogen (secondary N) is 2. The summed E-state index contributed by atoms with van der Waals surface area (Å²) in [6.07, 6.45) is 1.57. The Balaban J connectivity index is 1.25. The molecule has 2 heterocycles. The van der Waals surface area contributed by atoms with Gasteiger partial charge in [0.05, 0.1) is 10.9 Å². The number of fused-ring (bicyclic) bond motifs is 1. The fraction of sp³-hybridized carbons (Fsp3) is 0.444. The lowest BCUT2D eigenvalue weighted by Gasteiger charge is -2.36. The zero-order chi connectivity index (χ0) is 26.2. The number of hydrogen-bond acceptors (Lipinski definition) is 6. The number of halogens is 1. The van der Waals surface area contributed by atoms with Crippen LogP contribution in [0, 0.1) is 4.77 Å². The smallest absolute Gasteiger partial charge is 0.262 e. The summed E-state index contributed by atoms with van der Waals surface area (Å²) < 4.78 is 7.25. The number of hydrogen-bond donors (Lipinski definition) is 2. The quantitative estimate of drug-likeness (QED) is 0.280. The number of rotatable bonds is 11. The van der Waals surface area contributed by atoms with Crippen molar-refractivity contribution in [2.45, 2.75) is 26.3 Å². The van der Waals surface area contributed by atoms with Crippen molar-refractivity contribution in [1.29, 1.82) is 0 Å². The van der Waals surface area contributed by atoms with E-state index in [4.69, 9.17) is 28.6 Å². The molecule has 1 aliphatic heterocycles. The molecule has 0 aliphatic carbocycles. The number of aromatic nitrogens is 2. The topological polar surface area (TPSA) is 82.6 Å². The summed E-state index contributed by atoms with van der Waals surface area (Å²) in [5, 5.41) is 4.27. The van der Waals surface area contributed by atoms with Crippen molar-refractivity contribution in [3.8, 4) is 0 Å². The van der Waals surface area contributed by atoms with Gasteiger partial charge in [-0.15, -0.1) is 0 Å². The first-order chi connectivity index (χ1) is 18.0. The van der Waals surface area contributed by atoms with Crippen molar-refractivity contribution in [2.75, 3.05) is 57.4 Å². The number of aromatic amines is 1. The van der Waals surface area contributed by atoms with Gasteiger partial charge in [0.1, 0.15) is 0 Å². The van der Waals surface area contributed by atoms with Crippen molar-refractivity contribution < 1.29 is 9.53 Å². The summed E-state index contributed by atoms with van der Waals surface area (Å²) in [6.45, 7) is 9.04. The molecule has 2 N–H and O–H groups in total. The monoisotopic (exact) mass is 543 g/mol. The second-order valence-electron chi connectivity index (χ2n) is 9.12. The molecular formula is C27H34ClN5O3S. The molecule has 1 fully saturated rings. The van der Waals surface area contributed by atoms with Gasteiger partial charge < -0.3 is 19.9 Å². The van der Waals surface area contributed by atoms with Gasteiger partial charge in [-0.3, -0.25) is 19.1 Å². The van der Waals surface area contributed by atoms with Crippen molar-refractivity contribution >= 4 is 46.3 Å². The zero-order valence-corrected chi connectivity index (χ0v) is 22.7. The van der Waals surface area contributed by atoms with Gasteiger partial charge in [0.2, 0.25) is 0 Å². The summed E-state index contributed by atoms with van der Waals surface area (Å²) in [5.74, 6) is -0.159. The lowest BCUT2D eigenvalue weighted by atomic mass is 10.1. The minimum atomic E-state index is -0.159. The van der Waals surface area contributed by atoms with E-state index in [-0.39, 0.29) is 11.5 Å². The van der Waals surface area contributed by atoms with Gasteiger partial charge >= 0.3 is 0 Å². The van der Waals surface area contributed by atoms with Crippen LogP contribution in [0.1, 0.15) is 30.1 Å². The van der Waals surface area contributed by atoms with Gasteiger partial charge in [-0.1, -0.05) is 17.7 Å². The Kier molecular flexibility index (Phi) is 9.74. The second kappa shape index (κ2) is 13.2. The van der Waals surface area contributed by atoms with Crippen LogP contribution in [0.2, 0.25) is 5.02 Å². The summed E-state index contributed by atoms with van der Waals surface area (Å²) >= 11 is 11.5. The van der Waals surface area contributed by atoms with Gasteiger partial charge in [0.25, 0.3) is 11.5 Å². The molecule has 37 heavy (non-hydrogen) atoms. The summed E-state index contributed by atoms with van der Waals surface area (Å²) in [4.78, 5) is 33.5. The van der Waals surface area contributed by atoms with Crippen LogP contribution in [0.3, 0.4) is 0 Å². The average molecular weight is 544 g/mol. The lowest BCUT2D eigenvalue weighted by molar-refractivity contribution is 0.0951. The highest BCUT2D eigenvalue weighted by Gasteiger charge is 2.17. The van der Waals surface area contributed by atoms with Crippen molar-refractivity contribution in [1.82, 2.24) is 19.8 Å². The first-order valence-corrected chi connectivity index (χ1v) is 13.6. The zero-order valence-electron chi connectivity index (χ0n) is 21.2. The molecule has 3 aromatic rings. The van der Waals surface area contributed by atoms with Gasteiger partial charge in [-0.25, -0.2) is 0 Å². The van der Waals surface area contributed by atoms with Crippen molar-refractivity contribution in [3.05, 3.63) is 68.2 Å². The number of benzene rings is 2. The minimum Gasteiger partial charge on any atom is -0.382 e. The first-order valence-electron chi connectivity index (χ1n) is 12.8. The van der Waals surface area contributed by atoms with Gasteiger partial charge in [-0.05, 0) is 74.9 Å². The summed E-state index contributed by atoms with van der Waals surface area (Å²) in [6, 6.07) is 13.1. The SMILES string of the molecule is CCOCCCn1c(=S)[nH]c2cc(C(=O)NCCCN3CCN(c4cccc(Cl)c4)CC3)ccc2c1=O. The maximum absolute atomic E-state index is 12.9. The number of carbonyl (C=O) groups excluding carboxylic acids is 1. The highest BCUT2D eigenvalue weighted by Crippen LogP contribution is 2.20. The molecule has 1 saturated heterocycles. The van der Waals surface area contributed by atoms with E-state index in [1.807, 2.05) is 25.1 Å². The molecular weight excluding hydrogens is 510 g/mol. The van der Waals surface area contributed by atoms with Crippen LogP contribution in [0.15, 0.2) is 47.3 Å². The lowest BCUT2D eigenvalue weighted by Crippen LogP contribution is -2.47. The highest BCUT2D eigenvalue weighted by molar-refractivity contribution is 7.71. The van der Waals surface area contributed by atoms with E-state index in [0.717, 1.165) is 49.9 Å². The van der Waals surface area contributed by atoms with Gasteiger partial charge in [0.15, 0.2) is 4.77 Å². The number of H-pyrrole nitrogens is 1. The summed E-state index contributed by atoms with van der Waals surface area (Å²) in [7, 11) is 0. The van der Waals surface area contributed by atoms with Crippen molar-refractivity contribution in [3.63, 3.8) is 0 Å². The van der Waals surface area contributed by atoms with E-state index in [0.29, 0.717) is 54.0 Å². The summed E-state index contributed by atoms with van der Waals surface area (Å²) in [5.41, 5.74) is 2.08. The van der Waals surface area contributed by atoms with E-state index < -0.39 is 0 Å². The molecule has 0 bridgehead atoms. The molecule has 1 aliphatic rings. The molecule has 198 valence electrons. The molecule has 8 nitrogen and oxygen atoms in total. The third-order valence-corrected chi connectivity index (χ3v) is 7.16. The van der Waals surface area contributed by atoms with E-state index in [1.165, 1.54) is 0 Å². The van der Waals surface area contributed by atoms with Crippen LogP contribution in [0.25, 0.3) is 10.9 Å². The minimum absolute atomic E-state index is 0.155. The standard InChI is InChI=1S/C27H34ClN5O3S/c1-2-36-17-5-12-33-26(35)23-9-8-20(18-24(23)30-27(33)37)25(34)29-10-4-11-31-13-15-32(16-14-31)22-7-3-6-21(28)19-22/h3,6-9,18-19H,2,4-5,10-17H2,1H3,(H,29,34)(H,30,37). The molecule has 1 aromatic heterocycles. The Morgan fingerprint density at radius 2 is 1.92 bits per heavy atom. The predicted octanol–water partition coefficient (Wildman–Crippen LogP) is 4.08. The van der Waals surface area contributed by atoms with Crippen LogP contribution < -0.4 is 15.8 Å². The molecule has 0 radical (unpaired) electrons. The highest BCUT2D eigenvalue weighted by atomic mass is 35.5. The molecule has 0 atom stereocenters. The van der Waals surface area contributed by atoms with E-state index in [1.54, 1.807) is 22.8 Å². The molecule has 10 heteroatoms. The number of ether oxygens (including phenoxy) is 1. The third kappa shape index (κ3) is 7.19. The Bertz CT molecular complexity index is 1330. The van der Waals surface area contributed by atoms with Crippen LogP contribution >= 0.6 is 23.8 Å². The van der Waals surface area contributed by atoms with E-state index in [2.05, 4.69) is 26.2 Å². The maximum atomic E-state index is 12.9. The third-order valence-electron chi connectivity index (χ3n) is 6.60. The van der Waals surface area contributed by atoms with Crippen molar-refractivity contribution in [2.24, 2.45) is 0 Å². The van der Waals surface area contributed by atoms with Crippen LogP contribution in [0.5, 0.6) is 0 Å². The molecule has 1 amide bonds. The molecule has 0 saturated carbocycles. The largest absolute Gasteiger partial charge is 0.382 e. The predicted molar refractivity (Wildman–Crippen MR) is 152 cm³/mol. The second-order valence-corrected chi connectivity index (χ2v) is 9.94. The normalized spacial score (nSPS) is 14.3. The van der Waals surface area contributed by atoms with Crippen LogP contribution in [-0.2, 0) is 11.3 Å². The average Bonchev–Trinajstić information content (AvgIpc) is 2.90. The Morgan fingerprint density at radius 3 is 2.68 bits per heavy atom. The molecule has 2 aromatic carbocycles. The van der Waals surface area contributed by atoms with E-state index >= 15 is 0 Å². The molecule has 4 rings (SSSR count). The maximum Gasteiger partial charge on any atom is 0.262 e. The Hall–Kier alpha value is -2.72.